The van der Waals surface area contributed by atoms with E-state index < -0.39 is 8.80 Å². The molecule has 2 atom stereocenters. The first kappa shape index (κ1) is 27.1. The summed E-state index contributed by atoms with van der Waals surface area (Å²) < 4.78 is 17.4. The van der Waals surface area contributed by atoms with Crippen molar-refractivity contribution in [2.24, 2.45) is 0 Å². The molecular formula is C22H49NO3Si. The van der Waals surface area contributed by atoms with Gasteiger partial charge in [-0.05, 0) is 26.9 Å². The maximum atomic E-state index is 5.80. The van der Waals surface area contributed by atoms with Crippen LogP contribution in [-0.4, -0.2) is 55.2 Å². The monoisotopic (exact) mass is 403 g/mol. The van der Waals surface area contributed by atoms with E-state index in [0.717, 1.165) is 6.42 Å². The summed E-state index contributed by atoms with van der Waals surface area (Å²) >= 11 is 0. The highest BCUT2D eigenvalue weighted by Crippen LogP contribution is 2.35. The third-order valence-electron chi connectivity index (χ3n) is 5.98. The van der Waals surface area contributed by atoms with Gasteiger partial charge in [0.05, 0.1) is 0 Å². The number of hydrogen-bond acceptors (Lipinski definition) is 4. The fourth-order valence-electron chi connectivity index (χ4n) is 4.30. The summed E-state index contributed by atoms with van der Waals surface area (Å²) in [6.07, 6.45) is 17.4. The van der Waals surface area contributed by atoms with Gasteiger partial charge in [0.15, 0.2) is 0 Å². The average Bonchev–Trinajstić information content (AvgIpc) is 2.68. The highest BCUT2D eigenvalue weighted by molar-refractivity contribution is 6.62. The van der Waals surface area contributed by atoms with E-state index in [1.165, 1.54) is 77.0 Å². The third kappa shape index (κ3) is 10.4. The smallest absolute Gasteiger partial charge is 0.377 e. The Hall–Kier alpha value is 0.0569. The molecule has 27 heavy (non-hydrogen) atoms. The Morgan fingerprint density at radius 1 is 0.667 bits per heavy atom. The molecule has 4 nitrogen and oxygen atoms in total. The zero-order valence-corrected chi connectivity index (χ0v) is 20.5. The molecule has 2 unspecified atom stereocenters. The Balaban J connectivity index is 4.18. The van der Waals surface area contributed by atoms with Gasteiger partial charge in [-0.2, -0.15) is 0 Å². The Kier molecular flexibility index (Phi) is 17.0. The molecule has 0 aromatic heterocycles. The summed E-state index contributed by atoms with van der Waals surface area (Å²) in [6, 6.07) is 0.445. The fourth-order valence-corrected chi connectivity index (χ4v) is 7.14. The summed E-state index contributed by atoms with van der Waals surface area (Å²) in [6.45, 7) is 4.51. The van der Waals surface area contributed by atoms with E-state index in [9.17, 15) is 0 Å². The summed E-state index contributed by atoms with van der Waals surface area (Å²) in [5, 5.41) is 0. The first-order chi connectivity index (χ1) is 13.0. The lowest BCUT2D eigenvalue weighted by Crippen LogP contribution is -2.54. The molecule has 0 saturated carbocycles. The van der Waals surface area contributed by atoms with E-state index in [1.807, 2.05) is 0 Å². The van der Waals surface area contributed by atoms with Crippen LogP contribution in [0.5, 0.6) is 0 Å². The minimum atomic E-state index is -2.61. The van der Waals surface area contributed by atoms with Crippen molar-refractivity contribution < 1.29 is 13.3 Å². The zero-order valence-electron chi connectivity index (χ0n) is 19.5. The second kappa shape index (κ2) is 17.0. The van der Waals surface area contributed by atoms with E-state index in [1.54, 1.807) is 21.3 Å². The Labute approximate surface area is 171 Å². The van der Waals surface area contributed by atoms with Crippen molar-refractivity contribution in [1.82, 2.24) is 4.90 Å². The molecule has 0 N–H and O–H groups in total. The van der Waals surface area contributed by atoms with Crippen LogP contribution in [0.15, 0.2) is 0 Å². The first-order valence-electron chi connectivity index (χ1n) is 11.3. The number of nitrogens with zero attached hydrogens (tertiary/aromatic N) is 1. The van der Waals surface area contributed by atoms with E-state index in [2.05, 4.69) is 32.8 Å². The molecule has 0 aliphatic heterocycles. The van der Waals surface area contributed by atoms with E-state index in [4.69, 9.17) is 13.3 Å². The van der Waals surface area contributed by atoms with Crippen LogP contribution in [0.2, 0.25) is 5.54 Å². The number of rotatable bonds is 19. The van der Waals surface area contributed by atoms with Gasteiger partial charge < -0.3 is 18.2 Å². The predicted octanol–water partition coefficient (Wildman–Crippen LogP) is 6.28. The van der Waals surface area contributed by atoms with Crippen molar-refractivity contribution in [3.05, 3.63) is 0 Å². The predicted molar refractivity (Wildman–Crippen MR) is 119 cm³/mol. The molecule has 0 bridgehead atoms. The molecule has 0 heterocycles. The second-order valence-electron chi connectivity index (χ2n) is 8.09. The minimum Gasteiger partial charge on any atom is -0.377 e. The molecule has 5 heteroatoms. The van der Waals surface area contributed by atoms with Gasteiger partial charge >= 0.3 is 8.80 Å². The van der Waals surface area contributed by atoms with Gasteiger partial charge in [0.2, 0.25) is 0 Å². The largest absolute Gasteiger partial charge is 0.505 e. The molecule has 0 fully saturated rings. The molecule has 0 aromatic rings. The van der Waals surface area contributed by atoms with E-state index in [0.29, 0.717) is 11.6 Å². The van der Waals surface area contributed by atoms with Gasteiger partial charge in [-0.15, -0.1) is 0 Å². The molecule has 0 aliphatic rings. The third-order valence-corrected chi connectivity index (χ3v) is 9.39. The molecule has 0 radical (unpaired) electrons. The normalized spacial score (nSPS) is 14.7. The molecule has 0 spiro atoms. The SMILES string of the molecule is CCCCCCCCCCCCCC(C(CC)[Si](OC)(OC)OC)N(C)C. The van der Waals surface area contributed by atoms with Gasteiger partial charge in [-0.3, -0.25) is 0 Å². The van der Waals surface area contributed by atoms with Crippen LogP contribution in [0.3, 0.4) is 0 Å². The average molecular weight is 404 g/mol. The van der Waals surface area contributed by atoms with Gasteiger partial charge in [0.1, 0.15) is 0 Å². The van der Waals surface area contributed by atoms with Gasteiger partial charge in [-0.1, -0.05) is 84.5 Å². The Morgan fingerprint density at radius 3 is 1.41 bits per heavy atom. The van der Waals surface area contributed by atoms with Crippen LogP contribution in [0.25, 0.3) is 0 Å². The maximum Gasteiger partial charge on any atom is 0.505 e. The highest BCUT2D eigenvalue weighted by Gasteiger charge is 2.50. The van der Waals surface area contributed by atoms with Crippen LogP contribution in [0.4, 0.5) is 0 Å². The first-order valence-corrected chi connectivity index (χ1v) is 13.1. The minimum absolute atomic E-state index is 0.315. The zero-order chi connectivity index (χ0) is 20.5. The van der Waals surface area contributed by atoms with Gasteiger partial charge in [-0.25, -0.2) is 0 Å². The quantitative estimate of drug-likeness (QED) is 0.188. The molecule has 0 aliphatic carbocycles. The highest BCUT2D eigenvalue weighted by atomic mass is 28.4. The molecule has 0 aromatic carbocycles. The lowest BCUT2D eigenvalue weighted by Gasteiger charge is -2.39. The lowest BCUT2D eigenvalue weighted by atomic mass is 10.0. The molecular weight excluding hydrogens is 354 g/mol. The molecule has 0 amide bonds. The molecule has 0 saturated heterocycles. The van der Waals surface area contributed by atoms with Crippen LogP contribution in [-0.2, 0) is 13.3 Å². The summed E-state index contributed by atoms with van der Waals surface area (Å²) in [4.78, 5) is 2.34. The summed E-state index contributed by atoms with van der Waals surface area (Å²) in [5.41, 5.74) is 0.315. The van der Waals surface area contributed by atoms with Crippen molar-refractivity contribution in [3.63, 3.8) is 0 Å². The van der Waals surface area contributed by atoms with Crippen LogP contribution >= 0.6 is 0 Å². The molecule has 164 valence electrons. The Morgan fingerprint density at radius 2 is 1.07 bits per heavy atom. The van der Waals surface area contributed by atoms with Crippen molar-refractivity contribution in [2.75, 3.05) is 35.4 Å². The number of unbranched alkanes of at least 4 members (excludes halogenated alkanes) is 10. The standard InChI is InChI=1S/C22H49NO3Si/c1-8-10-11-12-13-14-15-16-17-18-19-20-21(23(3)4)22(9-2)27(24-5,25-6)26-7/h21-22H,8-20H2,1-7H3. The second-order valence-corrected chi connectivity index (χ2v) is 11.3. The topological polar surface area (TPSA) is 30.9 Å². The van der Waals surface area contributed by atoms with E-state index >= 15 is 0 Å². The fraction of sp³-hybridized carbons (Fsp3) is 1.00. The van der Waals surface area contributed by atoms with Crippen LogP contribution < -0.4 is 0 Å². The molecule has 0 rings (SSSR count). The van der Waals surface area contributed by atoms with Crippen LogP contribution in [0, 0.1) is 0 Å². The summed E-state index contributed by atoms with van der Waals surface area (Å²) in [5.74, 6) is 0. The van der Waals surface area contributed by atoms with Crippen molar-refractivity contribution in [2.45, 2.75) is 109 Å². The van der Waals surface area contributed by atoms with Gasteiger partial charge in [0.25, 0.3) is 0 Å². The van der Waals surface area contributed by atoms with Crippen molar-refractivity contribution in [3.8, 4) is 0 Å². The van der Waals surface area contributed by atoms with E-state index in [-0.39, 0.29) is 0 Å². The number of hydrogen-bond donors (Lipinski definition) is 0. The summed E-state index contributed by atoms with van der Waals surface area (Å²) in [7, 11) is 6.93. The Bertz CT molecular complexity index is 316. The van der Waals surface area contributed by atoms with Gasteiger partial charge in [0, 0.05) is 32.9 Å². The van der Waals surface area contributed by atoms with Crippen molar-refractivity contribution >= 4 is 8.80 Å². The van der Waals surface area contributed by atoms with Crippen molar-refractivity contribution in [1.29, 1.82) is 0 Å². The van der Waals surface area contributed by atoms with Crippen LogP contribution in [0.1, 0.15) is 97.3 Å². The lowest BCUT2D eigenvalue weighted by molar-refractivity contribution is 0.0902. The maximum absolute atomic E-state index is 5.80.